The first-order valence-corrected chi connectivity index (χ1v) is 8.54. The van der Waals surface area contributed by atoms with E-state index in [-0.39, 0.29) is 30.6 Å². The van der Waals surface area contributed by atoms with E-state index < -0.39 is 5.97 Å². The number of carboxylic acids is 1. The molecule has 0 saturated carbocycles. The maximum Gasteiger partial charge on any atom is 0.320 e. The molecule has 2 aliphatic rings. The van der Waals surface area contributed by atoms with Crippen LogP contribution in [0.15, 0.2) is 0 Å². The van der Waals surface area contributed by atoms with E-state index in [1.807, 2.05) is 4.90 Å². The van der Waals surface area contributed by atoms with Crippen LogP contribution in [-0.4, -0.2) is 63.1 Å². The number of urea groups is 1. The number of thioether (sulfide) groups is 1. The lowest BCUT2D eigenvalue weighted by Crippen LogP contribution is -2.57. The summed E-state index contributed by atoms with van der Waals surface area (Å²) in [6.07, 6.45) is 3.31. The van der Waals surface area contributed by atoms with Crippen LogP contribution in [0.4, 0.5) is 4.79 Å². The van der Waals surface area contributed by atoms with Gasteiger partial charge in [-0.15, -0.1) is 0 Å². The van der Waals surface area contributed by atoms with Crippen LogP contribution in [0.3, 0.4) is 0 Å². The number of hydrogen-bond donors (Lipinski definition) is 1. The zero-order valence-electron chi connectivity index (χ0n) is 12.2. The molecule has 2 rings (SSSR count). The van der Waals surface area contributed by atoms with E-state index in [4.69, 9.17) is 5.11 Å². The summed E-state index contributed by atoms with van der Waals surface area (Å²) in [6, 6.07) is 0.383. The van der Waals surface area contributed by atoms with Crippen LogP contribution in [0, 0.1) is 0 Å². The Bertz CT molecular complexity index is 367. The van der Waals surface area contributed by atoms with Gasteiger partial charge in [0.05, 0.1) is 12.5 Å². The Kier molecular flexibility index (Phi) is 5.18. The maximum atomic E-state index is 12.8. The van der Waals surface area contributed by atoms with Crippen molar-refractivity contribution in [2.45, 2.75) is 57.7 Å². The van der Waals surface area contributed by atoms with Crippen molar-refractivity contribution in [1.82, 2.24) is 9.80 Å². The second-order valence-electron chi connectivity index (χ2n) is 5.84. The van der Waals surface area contributed by atoms with E-state index in [0.29, 0.717) is 6.54 Å². The number of piperidine rings is 1. The van der Waals surface area contributed by atoms with Crippen molar-refractivity contribution in [3.8, 4) is 0 Å². The van der Waals surface area contributed by atoms with Crippen molar-refractivity contribution in [3.63, 3.8) is 0 Å². The normalized spacial score (nSPS) is 31.2. The zero-order valence-corrected chi connectivity index (χ0v) is 13.1. The molecule has 20 heavy (non-hydrogen) atoms. The molecule has 0 aromatic carbocycles. The first kappa shape index (κ1) is 15.5. The molecule has 114 valence electrons. The van der Waals surface area contributed by atoms with Crippen molar-refractivity contribution in [2.75, 3.05) is 18.1 Å². The van der Waals surface area contributed by atoms with Crippen molar-refractivity contribution in [3.05, 3.63) is 0 Å². The first-order chi connectivity index (χ1) is 9.50. The third kappa shape index (κ3) is 3.40. The van der Waals surface area contributed by atoms with E-state index in [2.05, 4.69) is 13.8 Å². The van der Waals surface area contributed by atoms with Crippen LogP contribution in [-0.2, 0) is 4.79 Å². The predicted molar refractivity (Wildman–Crippen MR) is 80.1 cm³/mol. The third-order valence-electron chi connectivity index (χ3n) is 4.30. The fourth-order valence-corrected chi connectivity index (χ4v) is 4.29. The number of amides is 2. The topological polar surface area (TPSA) is 60.9 Å². The summed E-state index contributed by atoms with van der Waals surface area (Å²) in [4.78, 5) is 27.6. The Balaban J connectivity index is 2.10. The molecule has 2 amide bonds. The molecule has 0 aromatic heterocycles. The van der Waals surface area contributed by atoms with E-state index in [9.17, 15) is 9.59 Å². The summed E-state index contributed by atoms with van der Waals surface area (Å²) in [6.45, 7) is 4.86. The van der Waals surface area contributed by atoms with Gasteiger partial charge in [-0.2, -0.15) is 11.8 Å². The number of likely N-dealkylation sites (tertiary alicyclic amines) is 1. The third-order valence-corrected chi connectivity index (χ3v) is 5.39. The van der Waals surface area contributed by atoms with Gasteiger partial charge < -0.3 is 14.9 Å². The van der Waals surface area contributed by atoms with Gasteiger partial charge in [0, 0.05) is 30.1 Å². The van der Waals surface area contributed by atoms with Crippen LogP contribution in [0.25, 0.3) is 0 Å². The molecule has 3 atom stereocenters. The molecule has 1 unspecified atom stereocenters. The van der Waals surface area contributed by atoms with E-state index in [1.165, 1.54) is 6.42 Å². The molecule has 2 heterocycles. The molecular formula is C14H24N2O3S. The highest BCUT2D eigenvalue weighted by Crippen LogP contribution is 2.27. The highest BCUT2D eigenvalue weighted by atomic mass is 32.2. The molecule has 0 aliphatic carbocycles. The molecule has 5 nitrogen and oxygen atoms in total. The minimum Gasteiger partial charge on any atom is -0.481 e. The lowest BCUT2D eigenvalue weighted by molar-refractivity contribution is -0.138. The predicted octanol–water partition coefficient (Wildman–Crippen LogP) is 2.26. The van der Waals surface area contributed by atoms with Gasteiger partial charge in [0.25, 0.3) is 0 Å². The monoisotopic (exact) mass is 300 g/mol. The Labute approximate surface area is 124 Å². The van der Waals surface area contributed by atoms with Gasteiger partial charge in [-0.05, 0) is 33.1 Å². The number of rotatable bonds is 2. The molecule has 2 fully saturated rings. The van der Waals surface area contributed by atoms with Gasteiger partial charge in [0.1, 0.15) is 0 Å². The molecule has 6 heteroatoms. The fraction of sp³-hybridized carbons (Fsp3) is 0.857. The number of nitrogens with zero attached hydrogens (tertiary/aromatic N) is 2. The summed E-state index contributed by atoms with van der Waals surface area (Å²) >= 11 is 1.74. The average Bonchev–Trinajstić information content (AvgIpc) is 2.38. The maximum absolute atomic E-state index is 12.8. The largest absolute Gasteiger partial charge is 0.481 e. The number of carbonyl (C=O) groups is 2. The number of hydrogen-bond acceptors (Lipinski definition) is 3. The lowest BCUT2D eigenvalue weighted by atomic mass is 9.98. The SMILES string of the molecule is C[C@@H]1CCC[C@H](C)N1C(=O)N1CCSCC1CC(=O)O. The van der Waals surface area contributed by atoms with Crippen LogP contribution < -0.4 is 0 Å². The summed E-state index contributed by atoms with van der Waals surface area (Å²) in [5, 5.41) is 9.02. The summed E-state index contributed by atoms with van der Waals surface area (Å²) in [7, 11) is 0. The van der Waals surface area contributed by atoms with E-state index >= 15 is 0 Å². The van der Waals surface area contributed by atoms with Crippen LogP contribution >= 0.6 is 11.8 Å². The first-order valence-electron chi connectivity index (χ1n) is 7.39. The minimum atomic E-state index is -0.824. The number of carboxylic acid groups (broad SMARTS) is 1. The molecule has 2 saturated heterocycles. The minimum absolute atomic E-state index is 0.0382. The van der Waals surface area contributed by atoms with Crippen molar-refractivity contribution in [1.29, 1.82) is 0 Å². The van der Waals surface area contributed by atoms with Crippen molar-refractivity contribution >= 4 is 23.8 Å². The summed E-state index contributed by atoms with van der Waals surface area (Å²) < 4.78 is 0. The van der Waals surface area contributed by atoms with Crippen LogP contribution in [0.5, 0.6) is 0 Å². The second kappa shape index (κ2) is 6.70. The van der Waals surface area contributed by atoms with Crippen molar-refractivity contribution in [2.24, 2.45) is 0 Å². The zero-order chi connectivity index (χ0) is 14.7. The fourth-order valence-electron chi connectivity index (χ4n) is 3.22. The summed E-state index contributed by atoms with van der Waals surface area (Å²) in [5.74, 6) is 0.808. The second-order valence-corrected chi connectivity index (χ2v) is 6.99. The Morgan fingerprint density at radius 3 is 2.50 bits per heavy atom. The quantitative estimate of drug-likeness (QED) is 0.850. The standard InChI is InChI=1S/C14H24N2O3S/c1-10-4-3-5-11(2)16(10)14(19)15-6-7-20-9-12(15)8-13(17)18/h10-12H,3-9H2,1-2H3,(H,17,18)/t10-,11+,12?. The molecule has 0 aromatic rings. The van der Waals surface area contributed by atoms with Gasteiger partial charge in [-0.25, -0.2) is 4.79 Å². The molecule has 0 bridgehead atoms. The van der Waals surface area contributed by atoms with Gasteiger partial charge in [-0.1, -0.05) is 0 Å². The average molecular weight is 300 g/mol. The molecule has 0 radical (unpaired) electrons. The highest BCUT2D eigenvalue weighted by Gasteiger charge is 2.36. The van der Waals surface area contributed by atoms with Gasteiger partial charge in [-0.3, -0.25) is 4.79 Å². The Morgan fingerprint density at radius 1 is 1.25 bits per heavy atom. The lowest BCUT2D eigenvalue weighted by Gasteiger charge is -2.44. The highest BCUT2D eigenvalue weighted by molar-refractivity contribution is 7.99. The Morgan fingerprint density at radius 2 is 1.90 bits per heavy atom. The number of carbonyl (C=O) groups excluding carboxylic acids is 1. The van der Waals surface area contributed by atoms with Gasteiger partial charge >= 0.3 is 12.0 Å². The number of aliphatic carboxylic acids is 1. The van der Waals surface area contributed by atoms with Crippen LogP contribution in [0.1, 0.15) is 39.5 Å². The van der Waals surface area contributed by atoms with Crippen LogP contribution in [0.2, 0.25) is 0 Å². The molecule has 0 spiro atoms. The Hall–Kier alpha value is -0.910. The summed E-state index contributed by atoms with van der Waals surface area (Å²) in [5.41, 5.74) is 0. The molecule has 2 aliphatic heterocycles. The van der Waals surface area contributed by atoms with E-state index in [0.717, 1.165) is 24.3 Å². The molecular weight excluding hydrogens is 276 g/mol. The van der Waals surface area contributed by atoms with E-state index in [1.54, 1.807) is 16.7 Å². The van der Waals surface area contributed by atoms with Gasteiger partial charge in [0.2, 0.25) is 0 Å². The molecule has 1 N–H and O–H groups in total. The smallest absolute Gasteiger partial charge is 0.320 e. The van der Waals surface area contributed by atoms with Crippen molar-refractivity contribution < 1.29 is 14.7 Å². The van der Waals surface area contributed by atoms with Gasteiger partial charge in [0.15, 0.2) is 0 Å².